The monoisotopic (exact) mass is 330 g/mol. The fourth-order valence-electron chi connectivity index (χ4n) is 3.63. The average molecular weight is 330 g/mol. The lowest BCUT2D eigenvalue weighted by Gasteiger charge is -2.17. The first kappa shape index (κ1) is 15.4. The van der Waals surface area contributed by atoms with Gasteiger partial charge in [-0.15, -0.1) is 0 Å². The molecule has 128 valence electrons. The number of aromatic amines is 1. The van der Waals surface area contributed by atoms with E-state index in [9.17, 15) is 14.4 Å². The number of hydrogen-bond donors (Lipinski definition) is 2. The number of pyridine rings is 1. The van der Waals surface area contributed by atoms with Gasteiger partial charge in [0.25, 0.3) is 11.5 Å². The number of nitrogens with one attached hydrogen (secondary N) is 2. The number of aromatic nitrogens is 1. The van der Waals surface area contributed by atoms with E-state index in [0.717, 1.165) is 30.5 Å². The number of aryl methyl sites for hydroxylation is 2. The van der Waals surface area contributed by atoms with Gasteiger partial charge in [0.15, 0.2) is 6.61 Å². The molecule has 2 saturated carbocycles. The number of fused-ring (bicyclic) bond motifs is 1. The molecule has 1 heterocycles. The van der Waals surface area contributed by atoms with Crippen LogP contribution in [0, 0.1) is 11.8 Å². The highest BCUT2D eigenvalue weighted by molar-refractivity contribution is 5.91. The smallest absolute Gasteiger partial charge is 0.344 e. The van der Waals surface area contributed by atoms with Crippen LogP contribution >= 0.6 is 0 Å². The predicted molar refractivity (Wildman–Crippen MR) is 86.7 cm³/mol. The van der Waals surface area contributed by atoms with Crippen molar-refractivity contribution in [1.29, 1.82) is 0 Å². The lowest BCUT2D eigenvalue weighted by atomic mass is 10.1. The Labute approximate surface area is 140 Å². The fraction of sp³-hybridized carbons (Fsp3) is 0.611. The molecule has 0 saturated heterocycles. The van der Waals surface area contributed by atoms with Crippen LogP contribution in [0.25, 0.3) is 0 Å². The van der Waals surface area contributed by atoms with Crippen molar-refractivity contribution in [2.45, 2.75) is 51.0 Å². The SMILES string of the molecule is O=C(COC(=O)c1cc2c([nH]c1=O)CCC2)NC(C1CC1)C1CC1. The van der Waals surface area contributed by atoms with Gasteiger partial charge in [0.1, 0.15) is 5.56 Å². The van der Waals surface area contributed by atoms with E-state index < -0.39 is 11.5 Å². The molecular formula is C18H22N2O4. The molecule has 0 unspecified atom stereocenters. The number of esters is 1. The van der Waals surface area contributed by atoms with Crippen LogP contribution in [0.5, 0.6) is 0 Å². The van der Waals surface area contributed by atoms with Gasteiger partial charge in [0, 0.05) is 11.7 Å². The van der Waals surface area contributed by atoms with Gasteiger partial charge in [0.2, 0.25) is 0 Å². The van der Waals surface area contributed by atoms with Crippen molar-refractivity contribution in [2.75, 3.05) is 6.61 Å². The van der Waals surface area contributed by atoms with Gasteiger partial charge in [-0.1, -0.05) is 0 Å². The van der Waals surface area contributed by atoms with Crippen molar-refractivity contribution < 1.29 is 14.3 Å². The zero-order valence-corrected chi connectivity index (χ0v) is 13.6. The Bertz CT molecular complexity index is 719. The summed E-state index contributed by atoms with van der Waals surface area (Å²) in [4.78, 5) is 38.9. The van der Waals surface area contributed by atoms with Crippen LogP contribution in [0.15, 0.2) is 10.9 Å². The minimum atomic E-state index is -0.726. The molecule has 2 fully saturated rings. The van der Waals surface area contributed by atoms with Gasteiger partial charge in [-0.2, -0.15) is 0 Å². The number of carbonyl (C=O) groups excluding carboxylic acids is 2. The first-order chi connectivity index (χ1) is 11.6. The highest BCUT2D eigenvalue weighted by Gasteiger charge is 2.42. The van der Waals surface area contributed by atoms with E-state index in [-0.39, 0.29) is 24.1 Å². The van der Waals surface area contributed by atoms with Crippen molar-refractivity contribution in [3.63, 3.8) is 0 Å². The Morgan fingerprint density at radius 3 is 2.58 bits per heavy atom. The van der Waals surface area contributed by atoms with E-state index in [2.05, 4.69) is 10.3 Å². The van der Waals surface area contributed by atoms with Crippen LogP contribution < -0.4 is 10.9 Å². The molecule has 1 amide bonds. The third-order valence-corrected chi connectivity index (χ3v) is 5.23. The van der Waals surface area contributed by atoms with E-state index in [1.54, 1.807) is 6.07 Å². The molecule has 6 nitrogen and oxygen atoms in total. The first-order valence-electron chi connectivity index (χ1n) is 8.83. The van der Waals surface area contributed by atoms with E-state index in [4.69, 9.17) is 4.74 Å². The molecule has 3 aliphatic rings. The molecule has 1 aromatic heterocycles. The molecule has 0 aliphatic heterocycles. The Morgan fingerprint density at radius 1 is 1.21 bits per heavy atom. The van der Waals surface area contributed by atoms with Gasteiger partial charge in [0.05, 0.1) is 0 Å². The van der Waals surface area contributed by atoms with Crippen LogP contribution in [0.2, 0.25) is 0 Å². The summed E-state index contributed by atoms with van der Waals surface area (Å²) in [5, 5.41) is 3.00. The molecular weight excluding hydrogens is 308 g/mol. The summed E-state index contributed by atoms with van der Waals surface area (Å²) in [7, 11) is 0. The molecule has 3 aliphatic carbocycles. The summed E-state index contributed by atoms with van der Waals surface area (Å²) >= 11 is 0. The maximum absolute atomic E-state index is 12.1. The molecule has 0 atom stereocenters. The highest BCUT2D eigenvalue weighted by Crippen LogP contribution is 2.44. The Morgan fingerprint density at radius 2 is 1.92 bits per heavy atom. The molecule has 0 spiro atoms. The number of H-pyrrole nitrogens is 1. The standard InChI is InChI=1S/C18H22N2O4/c21-15(20-16(10-4-5-10)11-6-7-11)9-24-18(23)13-8-12-2-1-3-14(12)19-17(13)22/h8,10-11,16H,1-7,9H2,(H,19,22)(H,20,21). The average Bonchev–Trinajstić information content (AvgIpc) is 3.47. The van der Waals surface area contributed by atoms with Crippen molar-refractivity contribution >= 4 is 11.9 Å². The number of carbonyl (C=O) groups is 2. The quantitative estimate of drug-likeness (QED) is 0.770. The molecule has 2 N–H and O–H groups in total. The van der Waals surface area contributed by atoms with Crippen LogP contribution in [-0.4, -0.2) is 29.5 Å². The van der Waals surface area contributed by atoms with Gasteiger partial charge >= 0.3 is 5.97 Å². The molecule has 4 rings (SSSR count). The molecule has 6 heteroatoms. The lowest BCUT2D eigenvalue weighted by Crippen LogP contribution is -2.40. The first-order valence-corrected chi connectivity index (χ1v) is 8.83. The third-order valence-electron chi connectivity index (χ3n) is 5.23. The third kappa shape index (κ3) is 3.23. The summed E-state index contributed by atoms with van der Waals surface area (Å²) in [6.45, 7) is -0.328. The Kier molecular flexibility index (Phi) is 3.90. The second-order valence-corrected chi connectivity index (χ2v) is 7.21. The summed E-state index contributed by atoms with van der Waals surface area (Å²) in [6.07, 6.45) is 7.37. The zero-order valence-electron chi connectivity index (χ0n) is 13.6. The largest absolute Gasteiger partial charge is 0.452 e. The summed E-state index contributed by atoms with van der Waals surface area (Å²) in [5.74, 6) is 0.189. The highest BCUT2D eigenvalue weighted by atomic mass is 16.5. The van der Waals surface area contributed by atoms with Crippen molar-refractivity contribution in [3.8, 4) is 0 Å². The van der Waals surface area contributed by atoms with E-state index in [1.165, 1.54) is 25.7 Å². The Hall–Kier alpha value is -2.11. The minimum absolute atomic E-state index is 0.00983. The van der Waals surface area contributed by atoms with E-state index in [0.29, 0.717) is 11.8 Å². The minimum Gasteiger partial charge on any atom is -0.452 e. The number of rotatable bonds is 6. The van der Waals surface area contributed by atoms with Crippen molar-refractivity contribution in [1.82, 2.24) is 10.3 Å². The molecule has 24 heavy (non-hydrogen) atoms. The van der Waals surface area contributed by atoms with E-state index in [1.807, 2.05) is 0 Å². The normalized spacial score (nSPS) is 19.2. The molecule has 0 radical (unpaired) electrons. The van der Waals surface area contributed by atoms with Crippen molar-refractivity contribution in [3.05, 3.63) is 33.2 Å². The molecule has 1 aromatic rings. The van der Waals surface area contributed by atoms with Crippen LogP contribution in [0.3, 0.4) is 0 Å². The summed E-state index contributed by atoms with van der Waals surface area (Å²) in [5.41, 5.74) is 1.46. The maximum atomic E-state index is 12.1. The van der Waals surface area contributed by atoms with Crippen LogP contribution in [-0.2, 0) is 22.4 Å². The van der Waals surface area contributed by atoms with Gasteiger partial charge in [-0.05, 0) is 68.4 Å². The topological polar surface area (TPSA) is 88.3 Å². The van der Waals surface area contributed by atoms with Gasteiger partial charge < -0.3 is 15.0 Å². The summed E-state index contributed by atoms with van der Waals surface area (Å²) in [6, 6.07) is 1.85. The Balaban J connectivity index is 1.34. The maximum Gasteiger partial charge on any atom is 0.344 e. The number of amides is 1. The second-order valence-electron chi connectivity index (χ2n) is 7.21. The second kappa shape index (κ2) is 6.07. The van der Waals surface area contributed by atoms with Gasteiger partial charge in [-0.3, -0.25) is 9.59 Å². The van der Waals surface area contributed by atoms with E-state index >= 15 is 0 Å². The predicted octanol–water partition coefficient (Wildman–Crippen LogP) is 1.33. The molecule has 0 bridgehead atoms. The fourth-order valence-corrected chi connectivity index (χ4v) is 3.63. The van der Waals surface area contributed by atoms with Crippen LogP contribution in [0.4, 0.5) is 0 Å². The van der Waals surface area contributed by atoms with Gasteiger partial charge in [-0.25, -0.2) is 4.79 Å². The zero-order chi connectivity index (χ0) is 16.7. The van der Waals surface area contributed by atoms with Crippen LogP contribution in [0.1, 0.15) is 53.7 Å². The summed E-state index contributed by atoms with van der Waals surface area (Å²) < 4.78 is 5.06. The lowest BCUT2D eigenvalue weighted by molar-refractivity contribution is -0.125. The molecule has 0 aromatic carbocycles. The van der Waals surface area contributed by atoms with Crippen molar-refractivity contribution in [2.24, 2.45) is 11.8 Å². The number of ether oxygens (including phenoxy) is 1. The number of hydrogen-bond acceptors (Lipinski definition) is 4.